The first kappa shape index (κ1) is 24.0. The van der Waals surface area contributed by atoms with E-state index in [1.54, 1.807) is 12.1 Å². The Morgan fingerprint density at radius 3 is 2.47 bits per heavy atom. The standard InChI is InChI=1S/C22H27F4NO3/c1-27(2)21(29-16-23)11-6-14-28-20-10-4-3-8-18(20)13-12-17-7-5-9-19(15-17)30-22(24,25)26/h3-5,7-10,15,21H,6,11-14,16H2,1-2H3. The second-order valence-corrected chi connectivity index (χ2v) is 6.99. The molecule has 2 rings (SSSR count). The Hall–Kier alpha value is -2.32. The molecule has 1 unspecified atom stereocenters. The number of aryl methyl sites for hydroxylation is 2. The summed E-state index contributed by atoms with van der Waals surface area (Å²) in [6, 6.07) is 13.5. The van der Waals surface area contributed by atoms with Crippen molar-refractivity contribution in [3.05, 3.63) is 59.7 Å². The van der Waals surface area contributed by atoms with E-state index in [0.29, 0.717) is 32.3 Å². The number of hydrogen-bond donors (Lipinski definition) is 0. The SMILES string of the molecule is CN(C)C(CCCOc1ccccc1CCc1cccc(OC(F)(F)F)c1)OCF. The third-order valence-corrected chi connectivity index (χ3v) is 4.47. The molecule has 8 heteroatoms. The van der Waals surface area contributed by atoms with Crippen molar-refractivity contribution in [3.8, 4) is 11.5 Å². The van der Waals surface area contributed by atoms with Crippen molar-refractivity contribution in [3.63, 3.8) is 0 Å². The summed E-state index contributed by atoms with van der Waals surface area (Å²) < 4.78 is 64.5. The first-order valence-corrected chi connectivity index (χ1v) is 9.68. The first-order chi connectivity index (χ1) is 14.3. The zero-order valence-electron chi connectivity index (χ0n) is 17.1. The summed E-state index contributed by atoms with van der Waals surface area (Å²) in [5.41, 5.74) is 1.70. The van der Waals surface area contributed by atoms with E-state index in [1.807, 2.05) is 43.3 Å². The molecule has 4 nitrogen and oxygen atoms in total. The number of nitrogens with zero attached hydrogens (tertiary/aromatic N) is 1. The fourth-order valence-electron chi connectivity index (χ4n) is 3.03. The predicted molar refractivity (Wildman–Crippen MR) is 106 cm³/mol. The Balaban J connectivity index is 1.89. The molecule has 0 aliphatic heterocycles. The molecule has 0 aromatic heterocycles. The Morgan fingerprint density at radius 1 is 1.00 bits per heavy atom. The van der Waals surface area contributed by atoms with Crippen molar-refractivity contribution >= 4 is 0 Å². The smallest absolute Gasteiger partial charge is 0.493 e. The zero-order chi connectivity index (χ0) is 22.0. The van der Waals surface area contributed by atoms with Crippen LogP contribution in [-0.4, -0.2) is 45.1 Å². The minimum Gasteiger partial charge on any atom is -0.493 e. The van der Waals surface area contributed by atoms with E-state index in [2.05, 4.69) is 4.74 Å². The van der Waals surface area contributed by atoms with Crippen molar-refractivity contribution in [1.29, 1.82) is 0 Å². The number of ether oxygens (including phenoxy) is 3. The highest BCUT2D eigenvalue weighted by atomic mass is 19.4. The van der Waals surface area contributed by atoms with E-state index in [0.717, 1.165) is 16.9 Å². The van der Waals surface area contributed by atoms with Crippen LogP contribution in [0.3, 0.4) is 0 Å². The molecule has 0 radical (unpaired) electrons. The summed E-state index contributed by atoms with van der Waals surface area (Å²) in [4.78, 5) is 1.81. The molecule has 0 fully saturated rings. The highest BCUT2D eigenvalue weighted by Crippen LogP contribution is 2.25. The van der Waals surface area contributed by atoms with Crippen LogP contribution in [0.2, 0.25) is 0 Å². The van der Waals surface area contributed by atoms with Gasteiger partial charge in [-0.05, 0) is 69.1 Å². The lowest BCUT2D eigenvalue weighted by molar-refractivity contribution is -0.274. The molecule has 2 aromatic rings. The van der Waals surface area contributed by atoms with Gasteiger partial charge in [0, 0.05) is 0 Å². The summed E-state index contributed by atoms with van der Waals surface area (Å²) in [5, 5.41) is 0. The summed E-state index contributed by atoms with van der Waals surface area (Å²) >= 11 is 0. The molecule has 166 valence electrons. The molecule has 30 heavy (non-hydrogen) atoms. The minimum absolute atomic E-state index is 0.226. The lowest BCUT2D eigenvalue weighted by Gasteiger charge is -2.23. The van der Waals surface area contributed by atoms with E-state index in [1.165, 1.54) is 12.1 Å². The van der Waals surface area contributed by atoms with Crippen LogP contribution in [0.5, 0.6) is 11.5 Å². The van der Waals surface area contributed by atoms with Gasteiger partial charge in [0.25, 0.3) is 0 Å². The fraction of sp³-hybridized carbons (Fsp3) is 0.455. The first-order valence-electron chi connectivity index (χ1n) is 9.68. The van der Waals surface area contributed by atoms with E-state index in [4.69, 9.17) is 9.47 Å². The summed E-state index contributed by atoms with van der Waals surface area (Å²) in [7, 11) is 3.65. The van der Waals surface area contributed by atoms with Gasteiger partial charge in [-0.3, -0.25) is 4.90 Å². The lowest BCUT2D eigenvalue weighted by atomic mass is 10.0. The van der Waals surface area contributed by atoms with Gasteiger partial charge in [-0.1, -0.05) is 30.3 Å². The van der Waals surface area contributed by atoms with Crippen LogP contribution in [0.15, 0.2) is 48.5 Å². The van der Waals surface area contributed by atoms with E-state index >= 15 is 0 Å². The van der Waals surface area contributed by atoms with Crippen LogP contribution in [-0.2, 0) is 17.6 Å². The van der Waals surface area contributed by atoms with Crippen molar-refractivity contribution in [2.75, 3.05) is 27.6 Å². The number of alkyl halides is 4. The molecule has 0 saturated heterocycles. The quantitative estimate of drug-likeness (QED) is 0.258. The van der Waals surface area contributed by atoms with Gasteiger partial charge in [0.05, 0.1) is 6.61 Å². The molecule has 0 N–H and O–H groups in total. The van der Waals surface area contributed by atoms with Crippen LogP contribution in [0.4, 0.5) is 17.6 Å². The predicted octanol–water partition coefficient (Wildman–Crippen LogP) is 5.36. The zero-order valence-corrected chi connectivity index (χ0v) is 17.1. The molecular weight excluding hydrogens is 402 g/mol. The van der Waals surface area contributed by atoms with Crippen LogP contribution in [0, 0.1) is 0 Å². The maximum atomic E-state index is 12.4. The molecule has 0 heterocycles. The van der Waals surface area contributed by atoms with Gasteiger partial charge in [-0.2, -0.15) is 0 Å². The molecule has 0 spiro atoms. The molecule has 0 saturated carbocycles. The Bertz CT molecular complexity index is 768. The highest BCUT2D eigenvalue weighted by molar-refractivity contribution is 5.35. The maximum Gasteiger partial charge on any atom is 0.573 e. The van der Waals surface area contributed by atoms with Crippen LogP contribution < -0.4 is 9.47 Å². The van der Waals surface area contributed by atoms with E-state index in [9.17, 15) is 17.6 Å². The number of para-hydroxylation sites is 1. The summed E-state index contributed by atoms with van der Waals surface area (Å²) in [6.07, 6.45) is -2.54. The largest absolute Gasteiger partial charge is 0.573 e. The van der Waals surface area contributed by atoms with Crippen molar-refractivity contribution in [2.45, 2.75) is 38.3 Å². The van der Waals surface area contributed by atoms with Gasteiger partial charge >= 0.3 is 6.36 Å². The summed E-state index contributed by atoms with van der Waals surface area (Å²) in [5.74, 6) is 0.503. The molecule has 0 bridgehead atoms. The molecule has 0 aliphatic carbocycles. The van der Waals surface area contributed by atoms with Crippen molar-refractivity contribution in [2.24, 2.45) is 0 Å². The minimum atomic E-state index is -4.71. The maximum absolute atomic E-state index is 12.4. The highest BCUT2D eigenvalue weighted by Gasteiger charge is 2.31. The van der Waals surface area contributed by atoms with Gasteiger partial charge in [0.2, 0.25) is 0 Å². The van der Waals surface area contributed by atoms with Crippen LogP contribution in [0.1, 0.15) is 24.0 Å². The van der Waals surface area contributed by atoms with Crippen molar-refractivity contribution < 1.29 is 31.8 Å². The number of hydrogen-bond acceptors (Lipinski definition) is 4. The van der Waals surface area contributed by atoms with Crippen LogP contribution in [0.25, 0.3) is 0 Å². The second-order valence-electron chi connectivity index (χ2n) is 6.99. The fourth-order valence-corrected chi connectivity index (χ4v) is 3.03. The monoisotopic (exact) mass is 429 g/mol. The number of rotatable bonds is 12. The third kappa shape index (κ3) is 8.59. The van der Waals surface area contributed by atoms with Crippen LogP contribution >= 0.6 is 0 Å². The lowest BCUT2D eigenvalue weighted by Crippen LogP contribution is -2.30. The molecular formula is C22H27F4NO3. The third-order valence-electron chi connectivity index (χ3n) is 4.47. The number of benzene rings is 2. The topological polar surface area (TPSA) is 30.9 Å². The molecule has 1 atom stereocenters. The molecule has 2 aromatic carbocycles. The Kier molecular flexibility index (Phi) is 9.39. The Morgan fingerprint density at radius 2 is 1.77 bits per heavy atom. The number of halogens is 4. The van der Waals surface area contributed by atoms with Gasteiger partial charge < -0.3 is 14.2 Å². The normalized spacial score (nSPS) is 12.8. The van der Waals surface area contributed by atoms with Gasteiger partial charge in [-0.15, -0.1) is 13.2 Å². The van der Waals surface area contributed by atoms with Gasteiger partial charge in [-0.25, -0.2) is 4.39 Å². The van der Waals surface area contributed by atoms with Gasteiger partial charge in [0.15, 0.2) is 6.86 Å². The average Bonchev–Trinajstić information content (AvgIpc) is 2.68. The molecule has 0 amide bonds. The van der Waals surface area contributed by atoms with Gasteiger partial charge in [0.1, 0.15) is 17.7 Å². The molecule has 0 aliphatic rings. The average molecular weight is 429 g/mol. The van der Waals surface area contributed by atoms with Crippen molar-refractivity contribution in [1.82, 2.24) is 4.90 Å². The van der Waals surface area contributed by atoms with E-state index in [-0.39, 0.29) is 12.0 Å². The van der Waals surface area contributed by atoms with E-state index < -0.39 is 13.2 Å². The second kappa shape index (κ2) is 11.8. The Labute approximate surface area is 174 Å². The summed E-state index contributed by atoms with van der Waals surface area (Å²) in [6.45, 7) is -0.381.